The number of aromatic amines is 1. The molecule has 0 spiro atoms. The number of rotatable bonds is 30. The minimum atomic E-state index is -5.47. The van der Waals surface area contributed by atoms with E-state index in [1.807, 2.05) is 0 Å². The quantitative estimate of drug-likeness (QED) is 0.0195. The second kappa shape index (κ2) is 27.7. The van der Waals surface area contributed by atoms with E-state index >= 15 is 0 Å². The second-order valence-electron chi connectivity index (χ2n) is 18.5. The summed E-state index contributed by atoms with van der Waals surface area (Å²) in [5.41, 5.74) is 0.229. The van der Waals surface area contributed by atoms with Crippen molar-refractivity contribution in [2.75, 3.05) is 12.5 Å². The van der Waals surface area contributed by atoms with Crippen molar-refractivity contribution in [1.82, 2.24) is 40.3 Å². The topological polar surface area (TPSA) is 549 Å². The Labute approximate surface area is 487 Å². The molecule has 0 aliphatic carbocycles. The summed E-state index contributed by atoms with van der Waals surface area (Å²) in [5.74, 6) is -2.65. The summed E-state index contributed by atoms with van der Waals surface area (Å²) in [7, 11) is -31.9. The molecule has 7 N–H and O–H groups in total. The molecule has 4 fully saturated rings. The van der Waals surface area contributed by atoms with Crippen LogP contribution in [0.1, 0.15) is 56.6 Å². The van der Waals surface area contributed by atoms with Gasteiger partial charge in [0.05, 0.1) is 56.1 Å². The normalized spacial score (nSPS) is 31.4. The summed E-state index contributed by atoms with van der Waals surface area (Å²) >= 11 is 12.5. The number of nitrogens with one attached hydrogen (secondary N) is 1. The van der Waals surface area contributed by atoms with Crippen molar-refractivity contribution in [2.45, 2.75) is 170 Å². The molecule has 0 bridgehead atoms. The maximum absolute atomic E-state index is 12.1. The van der Waals surface area contributed by atoms with Gasteiger partial charge in [-0.1, -0.05) is 15.6 Å². The van der Waals surface area contributed by atoms with Crippen LogP contribution in [-0.4, -0.2) is 222 Å². The molecule has 84 heavy (non-hydrogen) atoms. The third kappa shape index (κ3) is 21.3. The molecule has 1 unspecified atom stereocenters. The number of hydrogen-bond acceptors (Lipinski definition) is 31. The summed E-state index contributed by atoms with van der Waals surface area (Å²) in [6, 6.07) is 0. The van der Waals surface area contributed by atoms with E-state index in [1.54, 1.807) is 6.92 Å². The summed E-state index contributed by atoms with van der Waals surface area (Å²) in [4.78, 5) is 0. The van der Waals surface area contributed by atoms with Gasteiger partial charge in [-0.3, -0.25) is 27.3 Å². The lowest BCUT2D eigenvalue weighted by Gasteiger charge is -2.40. The third-order valence-electron chi connectivity index (χ3n) is 12.1. The largest absolute Gasteiger partial charge is 0.397 e. The van der Waals surface area contributed by atoms with Crippen molar-refractivity contribution in [1.29, 1.82) is 0 Å². The number of nitrogens with zero attached hydrogens (tertiary/aromatic N) is 8. The predicted octanol–water partition coefficient (Wildman–Crippen LogP) is -3.31. The van der Waals surface area contributed by atoms with E-state index in [0.29, 0.717) is 12.3 Å². The lowest BCUT2D eigenvalue weighted by Crippen LogP contribution is -2.54. The molecule has 3 aromatic rings. The average Bonchev–Trinajstić information content (AvgIpc) is 2.05. The van der Waals surface area contributed by atoms with Gasteiger partial charge in [-0.25, -0.2) is 34.5 Å². The fourth-order valence-corrected chi connectivity index (χ4v) is 12.4. The molecule has 15 atom stereocenters. The van der Waals surface area contributed by atoms with Gasteiger partial charge in [0.25, 0.3) is 0 Å². The zero-order valence-electron chi connectivity index (χ0n) is 42.9. The zero-order chi connectivity index (χ0) is 61.8. The Kier molecular flexibility index (Phi) is 22.6. The van der Waals surface area contributed by atoms with Gasteiger partial charge < -0.3 is 37.9 Å². The summed E-state index contributed by atoms with van der Waals surface area (Å²) in [5, 5.41) is 21.4. The Hall–Kier alpha value is -3.10. The highest BCUT2D eigenvalue weighted by molar-refractivity contribution is 7.82. The van der Waals surface area contributed by atoms with E-state index in [2.05, 4.69) is 30.9 Å². The molecule has 4 saturated heterocycles. The molecule has 0 aromatic carbocycles. The Morgan fingerprint density at radius 3 is 1.58 bits per heavy atom. The molecule has 49 heteroatoms. The first-order valence-corrected chi connectivity index (χ1v) is 33.1. The van der Waals surface area contributed by atoms with Gasteiger partial charge >= 0.3 is 62.4 Å². The zero-order valence-corrected chi connectivity index (χ0v) is 49.3. The summed E-state index contributed by atoms with van der Waals surface area (Å²) in [6.07, 6.45) is -20.0. The molecule has 41 nitrogen and oxygen atoms in total. The van der Waals surface area contributed by atoms with Crippen LogP contribution in [0.5, 0.6) is 0 Å². The lowest BCUT2D eigenvalue weighted by molar-refractivity contribution is -0.760. The first-order valence-electron chi connectivity index (χ1n) is 23.9. The molecule has 7 rings (SSSR count). The van der Waals surface area contributed by atoms with Crippen molar-refractivity contribution in [3.8, 4) is 0 Å². The smallest absolute Gasteiger partial charge is 0.375 e. The molecular formula is C35H54Cl2N9O32S6+. The van der Waals surface area contributed by atoms with Crippen LogP contribution >= 0.6 is 23.2 Å². The average molecular weight is 1380 g/mol. The predicted molar refractivity (Wildman–Crippen MR) is 261 cm³/mol. The van der Waals surface area contributed by atoms with E-state index < -0.39 is 211 Å². The van der Waals surface area contributed by atoms with Crippen molar-refractivity contribution >= 4 is 85.6 Å². The van der Waals surface area contributed by atoms with E-state index in [4.69, 9.17) is 86.2 Å². The van der Waals surface area contributed by atoms with Gasteiger partial charge in [-0.15, -0.1) is 33.4 Å². The first kappa shape index (κ1) is 68.4. The van der Waals surface area contributed by atoms with E-state index in [-0.39, 0.29) is 24.4 Å². The van der Waals surface area contributed by atoms with E-state index in [1.165, 1.54) is 24.0 Å². The molecule has 0 amide bonds. The van der Waals surface area contributed by atoms with Crippen LogP contribution in [0.25, 0.3) is 0 Å². The van der Waals surface area contributed by atoms with Crippen LogP contribution in [0.15, 0.2) is 18.6 Å². The Morgan fingerprint density at radius 1 is 0.643 bits per heavy atom. The lowest BCUT2D eigenvalue weighted by atomic mass is 10.0. The standard InChI is InChI=1S/C35H53Cl2N9O32S6/c1-3-65-14-19-8-45(41-38-19)12-28-32(77-83(59,60)61)23(73-79(47,48)49)5-31(69-28)67-16-21-10-46(43-40-21)13-29-33(78-84(62,63)64)24(74-80(50,51)52)6-30(70-29)66-15-20-9-44(42-39-20)11-27-26(76-82(56,57)58)7-35(17-36,71-27)72-34-25(75-81(53,54)55)4-22(37)18(2)68-34/h8-10,18,22-34H,3-7,11-17H2,1-2H3,(H6,47,48,49,50,51,52,53,54,55,56,57,58,59,60,61,62,63,64)/p+1/t18-,22-,23-,24-,25-,26+,27-,28-,29-,30+,31-,32+,33+,34?,35-/m1/s1. The van der Waals surface area contributed by atoms with Gasteiger partial charge in [0.15, 0.2) is 30.9 Å². The molecule has 4 aliphatic rings. The van der Waals surface area contributed by atoms with Crippen LogP contribution < -0.4 is 4.68 Å². The van der Waals surface area contributed by atoms with Crippen molar-refractivity contribution in [3.63, 3.8) is 0 Å². The third-order valence-corrected chi connectivity index (χ3v) is 15.9. The van der Waals surface area contributed by atoms with E-state index in [9.17, 15) is 77.8 Å². The summed E-state index contributed by atoms with van der Waals surface area (Å²) in [6.45, 7) is 0.910. The number of halogens is 2. The van der Waals surface area contributed by atoms with Crippen LogP contribution in [0, 0.1) is 0 Å². The number of aromatic nitrogens is 9. The maximum Gasteiger partial charge on any atom is 0.397 e. The molecule has 0 saturated carbocycles. The Balaban J connectivity index is 1.04. The molecule has 7 heterocycles. The highest BCUT2D eigenvalue weighted by Gasteiger charge is 2.54. The van der Waals surface area contributed by atoms with Crippen molar-refractivity contribution in [3.05, 3.63) is 35.7 Å². The molecule has 4 aliphatic heterocycles. The second-order valence-corrected chi connectivity index (χ2v) is 25.6. The number of hydrogen-bond donors (Lipinski definition) is 7. The van der Waals surface area contributed by atoms with Crippen LogP contribution in [0.4, 0.5) is 0 Å². The highest BCUT2D eigenvalue weighted by atomic mass is 35.5. The van der Waals surface area contributed by atoms with Gasteiger partial charge in [-0.2, -0.15) is 55.2 Å². The van der Waals surface area contributed by atoms with Crippen molar-refractivity contribution < 1.29 is 145 Å². The van der Waals surface area contributed by atoms with Gasteiger partial charge in [-0.05, 0) is 20.3 Å². The molecule has 480 valence electrons. The fourth-order valence-electron chi connectivity index (χ4n) is 8.87. The van der Waals surface area contributed by atoms with Crippen LogP contribution in [-0.2, 0) is 165 Å². The number of ether oxygens (including phenoxy) is 8. The Bertz CT molecular complexity index is 3400. The fraction of sp³-hybridized carbons (Fsp3) is 0.829. The molecule has 0 radical (unpaired) electrons. The minimum Gasteiger partial charge on any atom is -0.375 e. The van der Waals surface area contributed by atoms with Gasteiger partial charge in [0.1, 0.15) is 79.5 Å². The Morgan fingerprint density at radius 2 is 1.11 bits per heavy atom. The molecular weight excluding hydrogens is 1320 g/mol. The highest BCUT2D eigenvalue weighted by Crippen LogP contribution is 2.40. The van der Waals surface area contributed by atoms with Gasteiger partial charge in [0, 0.05) is 31.0 Å². The SMILES string of the molecule is CCOCc1cn(C[C@H]2O[C@@H](OCc3cn(C[C@H]4O[C@H](OCc5c[n+](C[C@H]6O[C@@](CCl)(OC7O[C@H](C)[C@H](Cl)C[C@H]7OS(=O)(=O)O)C[C@@H]6OS(=O)(=O)O)[nH]n5)C[C@@H](OS(=O)(=O)O)[C@@H]4OS(=O)(=O)O)nn3)C[C@@H](OS(=O)(=O)O)[C@@H]2OS(=O)(=O)O)nn1. The van der Waals surface area contributed by atoms with Crippen LogP contribution in [0.3, 0.4) is 0 Å². The molecule has 3 aromatic heterocycles. The monoisotopic (exact) mass is 1370 g/mol. The van der Waals surface area contributed by atoms with Crippen molar-refractivity contribution in [2.24, 2.45) is 0 Å². The minimum absolute atomic E-state index is 0.00538. The number of alkyl halides is 2. The maximum atomic E-state index is 12.1. The van der Waals surface area contributed by atoms with Gasteiger partial charge in [0.2, 0.25) is 5.69 Å². The number of H-pyrrole nitrogens is 1. The van der Waals surface area contributed by atoms with Crippen LogP contribution in [0.2, 0.25) is 0 Å². The first-order chi connectivity index (χ1) is 38.9. The summed E-state index contributed by atoms with van der Waals surface area (Å²) < 4.78 is 279. The van der Waals surface area contributed by atoms with E-state index in [0.717, 1.165) is 15.6 Å².